The van der Waals surface area contributed by atoms with E-state index in [0.717, 1.165) is 43.8 Å². The van der Waals surface area contributed by atoms with Gasteiger partial charge in [-0.1, -0.05) is 12.1 Å². The summed E-state index contributed by atoms with van der Waals surface area (Å²) in [5.74, 6) is 0. The third-order valence-electron chi connectivity index (χ3n) is 4.98. The summed E-state index contributed by atoms with van der Waals surface area (Å²) in [5.41, 5.74) is 3.43. The van der Waals surface area contributed by atoms with Gasteiger partial charge in [-0.15, -0.1) is 0 Å². The van der Waals surface area contributed by atoms with E-state index in [1.165, 1.54) is 17.3 Å². The second-order valence-corrected chi connectivity index (χ2v) is 7.07. The number of morpholine rings is 1. The number of nitro benzene ring substituents is 1. The minimum absolute atomic E-state index is 0.0840. The van der Waals surface area contributed by atoms with Crippen LogP contribution in [0.5, 0.6) is 0 Å². The van der Waals surface area contributed by atoms with E-state index in [1.807, 2.05) is 11.7 Å². The van der Waals surface area contributed by atoms with Gasteiger partial charge in [0.25, 0.3) is 5.69 Å². The maximum absolute atomic E-state index is 10.9. The highest BCUT2D eigenvalue weighted by atomic mass is 16.6. The molecular weight excluding hydrogens is 358 g/mol. The van der Waals surface area contributed by atoms with Gasteiger partial charge in [-0.25, -0.2) is 0 Å². The molecule has 1 aromatic heterocycles. The fourth-order valence-electron chi connectivity index (χ4n) is 3.52. The molecule has 1 aliphatic rings. The van der Waals surface area contributed by atoms with Crippen LogP contribution in [0.1, 0.15) is 5.56 Å². The molecule has 0 aliphatic carbocycles. The Morgan fingerprint density at radius 1 is 1.18 bits per heavy atom. The van der Waals surface area contributed by atoms with Gasteiger partial charge in [0.2, 0.25) is 0 Å². The summed E-state index contributed by atoms with van der Waals surface area (Å²) in [4.78, 5) is 15.0. The number of ether oxygens (including phenoxy) is 1. The van der Waals surface area contributed by atoms with Crippen molar-refractivity contribution in [2.45, 2.75) is 13.2 Å². The van der Waals surface area contributed by atoms with Crippen LogP contribution >= 0.6 is 0 Å². The number of hydrogen-bond donors (Lipinski definition) is 0. The van der Waals surface area contributed by atoms with Gasteiger partial charge in [0, 0.05) is 42.8 Å². The van der Waals surface area contributed by atoms with Gasteiger partial charge in [0.05, 0.1) is 36.5 Å². The molecular formula is C20H23N5O3. The van der Waals surface area contributed by atoms with Crippen LogP contribution < -0.4 is 4.90 Å². The first kappa shape index (κ1) is 18.4. The smallest absolute Gasteiger partial charge is 0.270 e. The minimum Gasteiger partial charge on any atom is -0.378 e. The second kappa shape index (κ2) is 7.95. The highest BCUT2D eigenvalue weighted by Gasteiger charge is 2.12. The van der Waals surface area contributed by atoms with E-state index in [4.69, 9.17) is 4.74 Å². The molecule has 2 heterocycles. The second-order valence-electron chi connectivity index (χ2n) is 7.07. The molecule has 28 heavy (non-hydrogen) atoms. The van der Waals surface area contributed by atoms with E-state index in [2.05, 4.69) is 39.2 Å². The average molecular weight is 381 g/mol. The van der Waals surface area contributed by atoms with Gasteiger partial charge in [-0.2, -0.15) is 5.10 Å². The standard InChI is InChI=1S/C20H23N5O3/c1-22(14-16-2-4-18(5-3-16)23-8-10-28-11-9-23)15-24-20-7-6-19(25(26)27)12-17(20)13-21-24/h2-7,12-13H,8-11,14-15H2,1H3. The normalized spacial score (nSPS) is 14.7. The van der Waals surface area contributed by atoms with Gasteiger partial charge < -0.3 is 9.64 Å². The molecule has 146 valence electrons. The zero-order valence-electron chi connectivity index (χ0n) is 15.8. The van der Waals surface area contributed by atoms with Crippen molar-refractivity contribution < 1.29 is 9.66 Å². The predicted molar refractivity (Wildman–Crippen MR) is 107 cm³/mol. The van der Waals surface area contributed by atoms with E-state index in [1.54, 1.807) is 18.3 Å². The summed E-state index contributed by atoms with van der Waals surface area (Å²) in [6, 6.07) is 13.5. The van der Waals surface area contributed by atoms with Gasteiger partial charge in [-0.05, 0) is 30.8 Å². The lowest BCUT2D eigenvalue weighted by molar-refractivity contribution is -0.384. The number of fused-ring (bicyclic) bond motifs is 1. The summed E-state index contributed by atoms with van der Waals surface area (Å²) in [6.07, 6.45) is 1.67. The lowest BCUT2D eigenvalue weighted by atomic mass is 10.2. The zero-order valence-corrected chi connectivity index (χ0v) is 15.8. The van der Waals surface area contributed by atoms with Crippen LogP contribution in [-0.4, -0.2) is 53.0 Å². The van der Waals surface area contributed by atoms with Crippen LogP contribution in [0.4, 0.5) is 11.4 Å². The zero-order chi connectivity index (χ0) is 19.5. The highest BCUT2D eigenvalue weighted by Crippen LogP contribution is 2.21. The third kappa shape index (κ3) is 3.97. The fraction of sp³-hybridized carbons (Fsp3) is 0.350. The monoisotopic (exact) mass is 381 g/mol. The Kier molecular flexibility index (Phi) is 5.23. The first-order valence-electron chi connectivity index (χ1n) is 9.30. The molecule has 0 amide bonds. The minimum atomic E-state index is -0.385. The van der Waals surface area contributed by atoms with Crippen molar-refractivity contribution in [3.8, 4) is 0 Å². The molecule has 0 unspecified atom stereocenters. The molecule has 1 fully saturated rings. The third-order valence-corrected chi connectivity index (χ3v) is 4.98. The van der Waals surface area contributed by atoms with Crippen molar-refractivity contribution in [1.29, 1.82) is 0 Å². The number of nitrogens with zero attached hydrogens (tertiary/aromatic N) is 5. The lowest BCUT2D eigenvalue weighted by Gasteiger charge is -2.29. The molecule has 0 saturated carbocycles. The van der Waals surface area contributed by atoms with Crippen molar-refractivity contribution >= 4 is 22.3 Å². The van der Waals surface area contributed by atoms with Crippen LogP contribution in [0.3, 0.4) is 0 Å². The van der Waals surface area contributed by atoms with E-state index in [9.17, 15) is 10.1 Å². The molecule has 8 nitrogen and oxygen atoms in total. The summed E-state index contributed by atoms with van der Waals surface area (Å²) < 4.78 is 7.27. The molecule has 3 aromatic rings. The van der Waals surface area contributed by atoms with Crippen molar-refractivity contribution in [1.82, 2.24) is 14.7 Å². The average Bonchev–Trinajstić information content (AvgIpc) is 3.11. The van der Waals surface area contributed by atoms with Gasteiger partial charge in [-0.3, -0.25) is 19.7 Å². The summed E-state index contributed by atoms with van der Waals surface area (Å²) in [7, 11) is 2.04. The van der Waals surface area contributed by atoms with Crippen LogP contribution in [0.15, 0.2) is 48.7 Å². The first-order valence-corrected chi connectivity index (χ1v) is 9.30. The summed E-state index contributed by atoms with van der Waals surface area (Å²) in [6.45, 7) is 4.83. The van der Waals surface area contributed by atoms with E-state index in [-0.39, 0.29) is 10.6 Å². The molecule has 0 spiro atoms. The number of nitro groups is 1. The number of rotatable bonds is 6. The molecule has 0 N–H and O–H groups in total. The van der Waals surface area contributed by atoms with Crippen LogP contribution in [0, 0.1) is 10.1 Å². The fourth-order valence-corrected chi connectivity index (χ4v) is 3.52. The number of aromatic nitrogens is 2. The van der Waals surface area contributed by atoms with Crippen molar-refractivity contribution in [3.05, 3.63) is 64.3 Å². The number of hydrogen-bond acceptors (Lipinski definition) is 6. The molecule has 1 aliphatic heterocycles. The Morgan fingerprint density at radius 3 is 2.64 bits per heavy atom. The number of non-ortho nitro benzene ring substituents is 1. The van der Waals surface area contributed by atoms with Crippen molar-refractivity contribution in [2.75, 3.05) is 38.3 Å². The molecule has 0 radical (unpaired) electrons. The van der Waals surface area contributed by atoms with E-state index in [0.29, 0.717) is 6.67 Å². The van der Waals surface area contributed by atoms with Gasteiger partial charge in [0.1, 0.15) is 0 Å². The number of benzene rings is 2. The predicted octanol–water partition coefficient (Wildman–Crippen LogP) is 2.87. The Labute approximate surface area is 163 Å². The van der Waals surface area contributed by atoms with Gasteiger partial charge in [0.15, 0.2) is 0 Å². The van der Waals surface area contributed by atoms with E-state index >= 15 is 0 Å². The maximum atomic E-state index is 10.9. The largest absolute Gasteiger partial charge is 0.378 e. The quantitative estimate of drug-likeness (QED) is 0.483. The lowest BCUT2D eigenvalue weighted by Crippen LogP contribution is -2.36. The van der Waals surface area contributed by atoms with Crippen LogP contribution in [0.2, 0.25) is 0 Å². The molecule has 2 aromatic carbocycles. The van der Waals surface area contributed by atoms with Crippen molar-refractivity contribution in [3.63, 3.8) is 0 Å². The van der Waals surface area contributed by atoms with Crippen molar-refractivity contribution in [2.24, 2.45) is 0 Å². The maximum Gasteiger partial charge on any atom is 0.270 e. The summed E-state index contributed by atoms with van der Waals surface area (Å²) >= 11 is 0. The van der Waals surface area contributed by atoms with Crippen LogP contribution in [-0.2, 0) is 18.0 Å². The molecule has 0 bridgehead atoms. The first-order chi connectivity index (χ1) is 13.6. The summed E-state index contributed by atoms with van der Waals surface area (Å²) in [5, 5.41) is 16.1. The highest BCUT2D eigenvalue weighted by molar-refractivity contribution is 5.81. The topological polar surface area (TPSA) is 76.7 Å². The Hall–Kier alpha value is -2.97. The number of anilines is 1. The van der Waals surface area contributed by atoms with Gasteiger partial charge >= 0.3 is 0 Å². The molecule has 4 rings (SSSR count). The SMILES string of the molecule is CN(Cc1ccc(N2CCOCC2)cc1)Cn1ncc2cc([N+](=O)[O-])ccc21. The Bertz CT molecular complexity index is 964. The molecule has 8 heteroatoms. The molecule has 1 saturated heterocycles. The van der Waals surface area contributed by atoms with Crippen LogP contribution in [0.25, 0.3) is 10.9 Å². The van der Waals surface area contributed by atoms with E-state index < -0.39 is 0 Å². The molecule has 0 atom stereocenters. The Balaban J connectivity index is 1.40. The Morgan fingerprint density at radius 2 is 1.93 bits per heavy atom.